The van der Waals surface area contributed by atoms with Crippen LogP contribution in [0.3, 0.4) is 0 Å². The highest BCUT2D eigenvalue weighted by atomic mass is 16.5. The van der Waals surface area contributed by atoms with Crippen LogP contribution in [0.5, 0.6) is 0 Å². The second-order valence-electron chi connectivity index (χ2n) is 6.70. The lowest BCUT2D eigenvalue weighted by Gasteiger charge is -2.13. The minimum absolute atomic E-state index is 0.279. The third kappa shape index (κ3) is 4.97. The summed E-state index contributed by atoms with van der Waals surface area (Å²) in [4.78, 5) is 27.5. The molecule has 1 heterocycles. The van der Waals surface area contributed by atoms with Gasteiger partial charge in [0.15, 0.2) is 6.10 Å². The summed E-state index contributed by atoms with van der Waals surface area (Å²) >= 11 is 0. The third-order valence-corrected chi connectivity index (χ3v) is 4.46. The molecule has 3 aromatic rings. The van der Waals surface area contributed by atoms with E-state index in [1.807, 2.05) is 49.5 Å². The number of rotatable bonds is 7. The average molecular weight is 364 g/mol. The fourth-order valence-electron chi connectivity index (χ4n) is 3.04. The van der Waals surface area contributed by atoms with Crippen LogP contribution in [0.2, 0.25) is 0 Å². The van der Waals surface area contributed by atoms with Crippen molar-refractivity contribution in [1.29, 1.82) is 0 Å². The molecule has 0 saturated heterocycles. The van der Waals surface area contributed by atoms with Gasteiger partial charge in [-0.3, -0.25) is 9.59 Å². The Bertz CT molecular complexity index is 945. The number of ether oxygens (including phenoxy) is 1. The maximum absolute atomic E-state index is 12.2. The first-order chi connectivity index (χ1) is 13.0. The van der Waals surface area contributed by atoms with Crippen molar-refractivity contribution < 1.29 is 14.3 Å². The van der Waals surface area contributed by atoms with Crippen molar-refractivity contribution >= 4 is 28.5 Å². The second kappa shape index (κ2) is 8.54. The lowest BCUT2D eigenvalue weighted by Crippen LogP contribution is -2.29. The van der Waals surface area contributed by atoms with Crippen LogP contribution in [0, 0.1) is 6.92 Å². The maximum Gasteiger partial charge on any atom is 0.306 e. The molecule has 1 unspecified atom stereocenters. The number of nitrogens with one attached hydrogen (secondary N) is 2. The van der Waals surface area contributed by atoms with Gasteiger partial charge in [-0.1, -0.05) is 30.3 Å². The number of aromatic nitrogens is 1. The molecule has 1 aromatic heterocycles. The van der Waals surface area contributed by atoms with Crippen molar-refractivity contribution in [2.24, 2.45) is 0 Å². The van der Waals surface area contributed by atoms with E-state index >= 15 is 0 Å². The van der Waals surface area contributed by atoms with Crippen LogP contribution in [0.15, 0.2) is 54.7 Å². The minimum atomic E-state index is -0.828. The summed E-state index contributed by atoms with van der Waals surface area (Å²) in [6, 6.07) is 15.6. The summed E-state index contributed by atoms with van der Waals surface area (Å²) in [5.41, 5.74) is 4.03. The van der Waals surface area contributed by atoms with E-state index in [1.165, 1.54) is 10.9 Å². The Labute approximate surface area is 158 Å². The van der Waals surface area contributed by atoms with Gasteiger partial charge in [0, 0.05) is 29.2 Å². The molecular weight excluding hydrogens is 340 g/mol. The van der Waals surface area contributed by atoms with Gasteiger partial charge >= 0.3 is 5.97 Å². The van der Waals surface area contributed by atoms with Gasteiger partial charge in [-0.2, -0.15) is 0 Å². The number of esters is 1. The predicted molar refractivity (Wildman–Crippen MR) is 107 cm³/mol. The molecule has 2 aromatic carbocycles. The van der Waals surface area contributed by atoms with E-state index in [2.05, 4.69) is 16.4 Å². The largest absolute Gasteiger partial charge is 0.453 e. The number of aryl methyl sites for hydroxylation is 2. The van der Waals surface area contributed by atoms with Gasteiger partial charge in [0.1, 0.15) is 0 Å². The SMILES string of the molecule is Cc1cccc(NC(=O)C(C)OC(=O)CCCc2c[nH]c3ccccc23)c1. The molecule has 0 aliphatic rings. The Morgan fingerprint density at radius 2 is 1.96 bits per heavy atom. The summed E-state index contributed by atoms with van der Waals surface area (Å²) < 4.78 is 5.26. The molecule has 27 heavy (non-hydrogen) atoms. The van der Waals surface area contributed by atoms with E-state index in [0.717, 1.165) is 17.5 Å². The van der Waals surface area contributed by atoms with Gasteiger partial charge in [-0.25, -0.2) is 0 Å². The third-order valence-electron chi connectivity index (χ3n) is 4.46. The molecule has 1 atom stereocenters. The number of hydrogen-bond acceptors (Lipinski definition) is 3. The molecule has 5 nitrogen and oxygen atoms in total. The van der Waals surface area contributed by atoms with E-state index < -0.39 is 6.10 Å². The summed E-state index contributed by atoms with van der Waals surface area (Å²) in [7, 11) is 0. The molecule has 140 valence electrons. The zero-order chi connectivity index (χ0) is 19.2. The Kier molecular flexibility index (Phi) is 5.91. The van der Waals surface area contributed by atoms with Gasteiger partial charge in [0.2, 0.25) is 0 Å². The standard InChI is InChI=1S/C22H24N2O3/c1-15-7-5-9-18(13-15)24-22(26)16(2)27-21(25)12-6-8-17-14-23-20-11-4-3-10-19(17)20/h3-5,7,9-11,13-14,16,23H,6,8,12H2,1-2H3,(H,24,26). The number of para-hydroxylation sites is 1. The smallest absolute Gasteiger partial charge is 0.306 e. The zero-order valence-corrected chi connectivity index (χ0v) is 15.6. The molecule has 1 amide bonds. The van der Waals surface area contributed by atoms with Crippen LogP contribution in [0.1, 0.15) is 30.9 Å². The summed E-state index contributed by atoms with van der Waals surface area (Å²) in [5, 5.41) is 3.94. The highest BCUT2D eigenvalue weighted by molar-refractivity contribution is 5.95. The van der Waals surface area contributed by atoms with Gasteiger partial charge in [-0.15, -0.1) is 0 Å². The quantitative estimate of drug-likeness (QED) is 0.612. The molecule has 0 radical (unpaired) electrons. The maximum atomic E-state index is 12.2. The highest BCUT2D eigenvalue weighted by Crippen LogP contribution is 2.19. The van der Waals surface area contributed by atoms with E-state index in [1.54, 1.807) is 13.0 Å². The number of amides is 1. The van der Waals surface area contributed by atoms with Crippen molar-refractivity contribution in [2.75, 3.05) is 5.32 Å². The van der Waals surface area contributed by atoms with Crippen molar-refractivity contribution in [3.63, 3.8) is 0 Å². The van der Waals surface area contributed by atoms with Crippen molar-refractivity contribution in [1.82, 2.24) is 4.98 Å². The Morgan fingerprint density at radius 3 is 2.78 bits per heavy atom. The number of hydrogen-bond donors (Lipinski definition) is 2. The van der Waals surface area contributed by atoms with Crippen LogP contribution in [-0.2, 0) is 20.7 Å². The fraction of sp³-hybridized carbons (Fsp3) is 0.273. The topological polar surface area (TPSA) is 71.2 Å². The summed E-state index contributed by atoms with van der Waals surface area (Å²) in [5.74, 6) is -0.688. The van der Waals surface area contributed by atoms with E-state index in [9.17, 15) is 9.59 Å². The average Bonchev–Trinajstić information content (AvgIpc) is 3.05. The monoisotopic (exact) mass is 364 g/mol. The van der Waals surface area contributed by atoms with Crippen LogP contribution < -0.4 is 5.32 Å². The van der Waals surface area contributed by atoms with Crippen molar-refractivity contribution in [3.8, 4) is 0 Å². The molecule has 0 spiro atoms. The molecule has 0 aliphatic carbocycles. The van der Waals surface area contributed by atoms with Gasteiger partial charge in [-0.05, 0) is 56.0 Å². The van der Waals surface area contributed by atoms with E-state index in [4.69, 9.17) is 4.74 Å². The van der Waals surface area contributed by atoms with Crippen molar-refractivity contribution in [2.45, 2.75) is 39.2 Å². The number of H-pyrrole nitrogens is 1. The lowest BCUT2D eigenvalue weighted by atomic mass is 10.1. The van der Waals surface area contributed by atoms with E-state index in [-0.39, 0.29) is 18.3 Å². The molecule has 5 heteroatoms. The van der Waals surface area contributed by atoms with Crippen LogP contribution in [0.25, 0.3) is 10.9 Å². The lowest BCUT2D eigenvalue weighted by molar-refractivity contribution is -0.153. The van der Waals surface area contributed by atoms with Crippen LogP contribution in [0.4, 0.5) is 5.69 Å². The van der Waals surface area contributed by atoms with Gasteiger partial charge in [0.05, 0.1) is 0 Å². The number of benzene rings is 2. The number of carbonyl (C=O) groups is 2. The van der Waals surface area contributed by atoms with Crippen LogP contribution >= 0.6 is 0 Å². The Hall–Kier alpha value is -3.08. The minimum Gasteiger partial charge on any atom is -0.453 e. The molecule has 2 N–H and O–H groups in total. The van der Waals surface area contributed by atoms with Gasteiger partial charge < -0.3 is 15.0 Å². The predicted octanol–water partition coefficient (Wildman–Crippen LogP) is 4.37. The number of carbonyl (C=O) groups excluding carboxylic acids is 2. The molecule has 0 bridgehead atoms. The number of fused-ring (bicyclic) bond motifs is 1. The number of aromatic amines is 1. The second-order valence-corrected chi connectivity index (χ2v) is 6.70. The molecule has 0 fully saturated rings. The molecular formula is C22H24N2O3. The number of anilines is 1. The zero-order valence-electron chi connectivity index (χ0n) is 15.6. The Balaban J connectivity index is 1.45. The normalized spacial score (nSPS) is 11.9. The van der Waals surface area contributed by atoms with Crippen LogP contribution in [-0.4, -0.2) is 23.0 Å². The van der Waals surface area contributed by atoms with Crippen molar-refractivity contribution in [3.05, 3.63) is 65.9 Å². The Morgan fingerprint density at radius 1 is 1.15 bits per heavy atom. The van der Waals surface area contributed by atoms with E-state index in [0.29, 0.717) is 12.1 Å². The first-order valence-electron chi connectivity index (χ1n) is 9.15. The molecule has 3 rings (SSSR count). The summed E-state index contributed by atoms with van der Waals surface area (Å²) in [6.07, 6.45) is 2.89. The fourth-order valence-corrected chi connectivity index (χ4v) is 3.04. The first-order valence-corrected chi connectivity index (χ1v) is 9.15. The first kappa shape index (κ1) is 18.7. The molecule has 0 saturated carbocycles. The highest BCUT2D eigenvalue weighted by Gasteiger charge is 2.18. The van der Waals surface area contributed by atoms with Gasteiger partial charge in [0.25, 0.3) is 5.91 Å². The summed E-state index contributed by atoms with van der Waals surface area (Å²) in [6.45, 7) is 3.54. The molecule has 0 aliphatic heterocycles.